The van der Waals surface area contributed by atoms with Gasteiger partial charge in [0.25, 0.3) is 0 Å². The van der Waals surface area contributed by atoms with Crippen LogP contribution >= 0.6 is 0 Å². The molecule has 1 heterocycles. The number of nitrogens with two attached hydrogens (primary N) is 1. The number of aliphatic imine (C=N–C) groups is 1. The van der Waals surface area contributed by atoms with E-state index in [0.29, 0.717) is 25.0 Å². The molecule has 1 atom stereocenters. The number of hydrogen-bond donors (Lipinski definition) is 4. The predicted octanol–water partition coefficient (Wildman–Crippen LogP) is -0.383. The van der Waals surface area contributed by atoms with Gasteiger partial charge in [-0.15, -0.1) is 0 Å². The summed E-state index contributed by atoms with van der Waals surface area (Å²) in [6.45, 7) is 0.588. The van der Waals surface area contributed by atoms with Gasteiger partial charge in [0.05, 0.1) is 6.54 Å². The van der Waals surface area contributed by atoms with Crippen LogP contribution in [0.5, 0.6) is 0 Å². The Balaban J connectivity index is 1.78. The molecule has 1 saturated heterocycles. The molecule has 2 aliphatic rings. The highest BCUT2D eigenvalue weighted by atomic mass is 16.1. The van der Waals surface area contributed by atoms with Crippen molar-refractivity contribution in [1.82, 2.24) is 16.1 Å². The molecular formula is C11H21N5O. The van der Waals surface area contributed by atoms with E-state index in [1.807, 2.05) is 0 Å². The normalized spacial score (nSPS) is 26.1. The van der Waals surface area contributed by atoms with Gasteiger partial charge in [0.15, 0.2) is 0 Å². The Morgan fingerprint density at radius 3 is 2.76 bits per heavy atom. The molecule has 6 heteroatoms. The Kier molecular flexibility index (Phi) is 4.19. The lowest BCUT2D eigenvalue weighted by Crippen LogP contribution is -2.46. The molecule has 17 heavy (non-hydrogen) atoms. The number of hydrogen-bond acceptors (Lipinski definition) is 3. The van der Waals surface area contributed by atoms with Crippen molar-refractivity contribution in [1.29, 1.82) is 0 Å². The lowest BCUT2D eigenvalue weighted by molar-refractivity contribution is -0.119. The molecule has 5 N–H and O–H groups in total. The van der Waals surface area contributed by atoms with E-state index in [1.165, 1.54) is 25.7 Å². The fourth-order valence-corrected chi connectivity index (χ4v) is 2.41. The molecule has 0 radical (unpaired) electrons. The van der Waals surface area contributed by atoms with E-state index < -0.39 is 0 Å². The quantitative estimate of drug-likeness (QED) is 0.234. The van der Waals surface area contributed by atoms with Crippen molar-refractivity contribution in [3.8, 4) is 0 Å². The number of guanidine groups is 1. The maximum atomic E-state index is 11.0. The first-order chi connectivity index (χ1) is 8.28. The van der Waals surface area contributed by atoms with E-state index in [-0.39, 0.29) is 11.9 Å². The largest absolute Gasteiger partial charge is 0.353 e. The summed E-state index contributed by atoms with van der Waals surface area (Å²) in [6.07, 6.45) is 6.38. The summed E-state index contributed by atoms with van der Waals surface area (Å²) in [5, 5.41) is 6.19. The van der Waals surface area contributed by atoms with Gasteiger partial charge < -0.3 is 10.6 Å². The lowest BCUT2D eigenvalue weighted by atomic mass is 10.2. The summed E-state index contributed by atoms with van der Waals surface area (Å²) in [5.74, 6) is 6.19. The van der Waals surface area contributed by atoms with Gasteiger partial charge in [-0.3, -0.25) is 15.2 Å². The van der Waals surface area contributed by atoms with E-state index in [1.54, 1.807) is 0 Å². The van der Waals surface area contributed by atoms with Crippen LogP contribution in [-0.2, 0) is 4.79 Å². The molecule has 1 unspecified atom stereocenters. The van der Waals surface area contributed by atoms with Crippen molar-refractivity contribution in [3.63, 3.8) is 0 Å². The van der Waals surface area contributed by atoms with Crippen molar-refractivity contribution >= 4 is 11.9 Å². The van der Waals surface area contributed by atoms with Crippen LogP contribution in [0, 0.1) is 0 Å². The maximum absolute atomic E-state index is 11.0. The molecule has 1 saturated carbocycles. The maximum Gasteiger partial charge on any atom is 0.220 e. The second kappa shape index (κ2) is 5.86. The zero-order chi connectivity index (χ0) is 12.1. The molecule has 2 rings (SSSR count). The molecule has 1 aliphatic carbocycles. The Labute approximate surface area is 101 Å². The second-order valence-electron chi connectivity index (χ2n) is 4.76. The van der Waals surface area contributed by atoms with Gasteiger partial charge in [0.2, 0.25) is 11.9 Å². The van der Waals surface area contributed by atoms with Crippen LogP contribution in [0.1, 0.15) is 38.5 Å². The zero-order valence-corrected chi connectivity index (χ0v) is 10.0. The number of carbonyl (C=O) groups excluding carboxylic acids is 1. The minimum Gasteiger partial charge on any atom is -0.353 e. The Hall–Kier alpha value is -1.30. The molecule has 96 valence electrons. The minimum atomic E-state index is 0.121. The topological polar surface area (TPSA) is 91.5 Å². The number of carbonyl (C=O) groups is 1. The summed E-state index contributed by atoms with van der Waals surface area (Å²) in [5.41, 5.74) is 2.59. The number of hydrazine groups is 1. The Morgan fingerprint density at radius 2 is 2.18 bits per heavy atom. The number of nitrogens with one attached hydrogen (secondary N) is 3. The van der Waals surface area contributed by atoms with E-state index in [4.69, 9.17) is 5.84 Å². The fourth-order valence-electron chi connectivity index (χ4n) is 2.41. The van der Waals surface area contributed by atoms with Gasteiger partial charge in [-0.1, -0.05) is 12.8 Å². The Morgan fingerprint density at radius 1 is 1.41 bits per heavy atom. The third-order valence-corrected chi connectivity index (χ3v) is 3.39. The molecule has 0 aromatic carbocycles. The number of rotatable bonds is 3. The number of nitrogens with zero attached hydrogens (tertiary/aromatic N) is 1. The van der Waals surface area contributed by atoms with E-state index in [9.17, 15) is 4.79 Å². The summed E-state index contributed by atoms with van der Waals surface area (Å²) >= 11 is 0. The molecular weight excluding hydrogens is 218 g/mol. The standard InChI is InChI=1S/C11H21N5O/c12-16-11(15-8-3-1-2-4-8)13-7-9-5-6-10(17)14-9/h8-9H,1-7,12H2,(H,14,17)(H2,13,15,16). The van der Waals surface area contributed by atoms with Crippen molar-refractivity contribution in [3.05, 3.63) is 0 Å². The van der Waals surface area contributed by atoms with Gasteiger partial charge in [0, 0.05) is 18.5 Å². The van der Waals surface area contributed by atoms with Gasteiger partial charge in [0.1, 0.15) is 0 Å². The first kappa shape index (κ1) is 12.2. The Bertz CT molecular complexity index is 298. The predicted molar refractivity (Wildman–Crippen MR) is 66.2 cm³/mol. The first-order valence-electron chi connectivity index (χ1n) is 6.35. The van der Waals surface area contributed by atoms with E-state index >= 15 is 0 Å². The molecule has 0 spiro atoms. The summed E-state index contributed by atoms with van der Waals surface area (Å²) in [6, 6.07) is 0.652. The average molecular weight is 239 g/mol. The smallest absolute Gasteiger partial charge is 0.220 e. The van der Waals surface area contributed by atoms with Crippen LogP contribution < -0.4 is 21.9 Å². The van der Waals surface area contributed by atoms with E-state index in [0.717, 1.165) is 6.42 Å². The highest BCUT2D eigenvalue weighted by Crippen LogP contribution is 2.17. The molecule has 1 aliphatic heterocycles. The van der Waals surface area contributed by atoms with Gasteiger partial charge in [-0.2, -0.15) is 0 Å². The zero-order valence-electron chi connectivity index (χ0n) is 10.0. The van der Waals surface area contributed by atoms with Gasteiger partial charge >= 0.3 is 0 Å². The SMILES string of the molecule is NNC(=NCC1CCC(=O)N1)NC1CCCC1. The summed E-state index contributed by atoms with van der Waals surface area (Å²) in [7, 11) is 0. The molecule has 1 amide bonds. The molecule has 6 nitrogen and oxygen atoms in total. The molecule has 0 aromatic rings. The molecule has 2 fully saturated rings. The molecule has 0 aromatic heterocycles. The lowest BCUT2D eigenvalue weighted by Gasteiger charge is -2.15. The monoisotopic (exact) mass is 239 g/mol. The van der Waals surface area contributed by atoms with Gasteiger partial charge in [-0.05, 0) is 19.3 Å². The highest BCUT2D eigenvalue weighted by Gasteiger charge is 2.20. The van der Waals surface area contributed by atoms with Crippen LogP contribution in [-0.4, -0.2) is 30.5 Å². The van der Waals surface area contributed by atoms with Crippen molar-refractivity contribution in [2.45, 2.75) is 50.6 Å². The van der Waals surface area contributed by atoms with Crippen molar-refractivity contribution in [2.24, 2.45) is 10.8 Å². The van der Waals surface area contributed by atoms with Crippen molar-refractivity contribution in [2.75, 3.05) is 6.54 Å². The second-order valence-corrected chi connectivity index (χ2v) is 4.76. The van der Waals surface area contributed by atoms with Crippen LogP contribution in [0.4, 0.5) is 0 Å². The minimum absolute atomic E-state index is 0.121. The van der Waals surface area contributed by atoms with Crippen LogP contribution in [0.25, 0.3) is 0 Å². The van der Waals surface area contributed by atoms with Crippen molar-refractivity contribution < 1.29 is 4.79 Å². The van der Waals surface area contributed by atoms with Crippen LogP contribution in [0.15, 0.2) is 4.99 Å². The third-order valence-electron chi connectivity index (χ3n) is 3.39. The molecule has 0 bridgehead atoms. The fraction of sp³-hybridized carbons (Fsp3) is 0.818. The number of amides is 1. The van der Waals surface area contributed by atoms with E-state index in [2.05, 4.69) is 21.1 Å². The average Bonchev–Trinajstić information content (AvgIpc) is 2.96. The van der Waals surface area contributed by atoms with Gasteiger partial charge in [-0.25, -0.2) is 5.84 Å². The first-order valence-corrected chi connectivity index (χ1v) is 6.35. The summed E-state index contributed by atoms with van der Waals surface area (Å²) in [4.78, 5) is 15.4. The summed E-state index contributed by atoms with van der Waals surface area (Å²) < 4.78 is 0. The third kappa shape index (κ3) is 3.59. The highest BCUT2D eigenvalue weighted by molar-refractivity contribution is 5.80. The van der Waals surface area contributed by atoms with Crippen LogP contribution in [0.3, 0.4) is 0 Å². The van der Waals surface area contributed by atoms with Crippen LogP contribution in [0.2, 0.25) is 0 Å².